The first-order chi connectivity index (χ1) is 11.7. The van der Waals surface area contributed by atoms with Gasteiger partial charge < -0.3 is 15.4 Å². The van der Waals surface area contributed by atoms with Crippen molar-refractivity contribution in [3.63, 3.8) is 0 Å². The Morgan fingerprint density at radius 1 is 1.04 bits per heavy atom. The highest BCUT2D eigenvalue weighted by molar-refractivity contribution is 14.0. The van der Waals surface area contributed by atoms with Gasteiger partial charge in [0.05, 0.1) is 6.61 Å². The fourth-order valence-electron chi connectivity index (χ4n) is 2.04. The predicted molar refractivity (Wildman–Crippen MR) is 107 cm³/mol. The zero-order valence-electron chi connectivity index (χ0n) is 14.0. The van der Waals surface area contributed by atoms with Gasteiger partial charge in [-0.2, -0.15) is 0 Å². The highest BCUT2D eigenvalue weighted by atomic mass is 127. The van der Waals surface area contributed by atoms with Crippen molar-refractivity contribution in [3.05, 3.63) is 65.7 Å². The molecule has 0 aromatic heterocycles. The van der Waals surface area contributed by atoms with Gasteiger partial charge in [0.25, 0.3) is 0 Å². The van der Waals surface area contributed by atoms with Crippen LogP contribution in [0, 0.1) is 11.6 Å². The first kappa shape index (κ1) is 21.1. The molecule has 7 heteroatoms. The Labute approximate surface area is 163 Å². The summed E-state index contributed by atoms with van der Waals surface area (Å²) >= 11 is 0. The van der Waals surface area contributed by atoms with Crippen LogP contribution in [0.1, 0.15) is 12.0 Å². The number of rotatable bonds is 7. The fraction of sp³-hybridized carbons (Fsp3) is 0.278. The van der Waals surface area contributed by atoms with Crippen molar-refractivity contribution in [1.29, 1.82) is 0 Å². The Morgan fingerprint density at radius 3 is 2.44 bits per heavy atom. The minimum atomic E-state index is -0.284. The lowest BCUT2D eigenvalue weighted by atomic mass is 10.2. The van der Waals surface area contributed by atoms with E-state index in [1.54, 1.807) is 37.4 Å². The maximum absolute atomic E-state index is 13.5. The summed E-state index contributed by atoms with van der Waals surface area (Å²) in [5.41, 5.74) is 0.583. The zero-order chi connectivity index (χ0) is 17.2. The zero-order valence-corrected chi connectivity index (χ0v) is 16.3. The van der Waals surface area contributed by atoms with Crippen LogP contribution >= 0.6 is 24.0 Å². The summed E-state index contributed by atoms with van der Waals surface area (Å²) in [5.74, 6) is 0.709. The number of halogens is 3. The van der Waals surface area contributed by atoms with Gasteiger partial charge in [-0.05, 0) is 36.8 Å². The van der Waals surface area contributed by atoms with E-state index >= 15 is 0 Å². The van der Waals surface area contributed by atoms with E-state index < -0.39 is 0 Å². The van der Waals surface area contributed by atoms with E-state index in [1.165, 1.54) is 18.2 Å². The molecule has 0 aliphatic carbocycles. The number of hydrogen-bond donors (Lipinski definition) is 2. The number of ether oxygens (including phenoxy) is 1. The van der Waals surface area contributed by atoms with Crippen molar-refractivity contribution in [1.82, 2.24) is 10.6 Å². The number of hydrogen-bond acceptors (Lipinski definition) is 2. The number of aliphatic imine (C=N–C) groups is 1. The monoisotopic (exact) mass is 461 g/mol. The number of benzene rings is 2. The third-order valence-electron chi connectivity index (χ3n) is 3.32. The topological polar surface area (TPSA) is 45.7 Å². The Kier molecular flexibility index (Phi) is 9.83. The van der Waals surface area contributed by atoms with Gasteiger partial charge in [-0.3, -0.25) is 4.99 Å². The van der Waals surface area contributed by atoms with Crippen LogP contribution in [-0.4, -0.2) is 26.2 Å². The molecule has 25 heavy (non-hydrogen) atoms. The van der Waals surface area contributed by atoms with Crippen molar-refractivity contribution in [2.24, 2.45) is 4.99 Å². The van der Waals surface area contributed by atoms with Crippen molar-refractivity contribution in [2.45, 2.75) is 13.0 Å². The highest BCUT2D eigenvalue weighted by Crippen LogP contribution is 2.11. The third-order valence-corrected chi connectivity index (χ3v) is 3.32. The molecule has 0 amide bonds. The SMILES string of the molecule is CN=C(NCCCOc1ccc(F)cc1)NCc1ccccc1F.I. The van der Waals surface area contributed by atoms with E-state index in [0.717, 1.165) is 6.42 Å². The molecule has 0 radical (unpaired) electrons. The van der Waals surface area contributed by atoms with Crippen LogP contribution in [0.25, 0.3) is 0 Å². The summed E-state index contributed by atoms with van der Waals surface area (Å²) in [6, 6.07) is 12.5. The van der Waals surface area contributed by atoms with Gasteiger partial charge in [-0.1, -0.05) is 18.2 Å². The average molecular weight is 461 g/mol. The first-order valence-electron chi connectivity index (χ1n) is 7.75. The Bertz CT molecular complexity index is 666. The number of guanidine groups is 1. The van der Waals surface area contributed by atoms with E-state index in [-0.39, 0.29) is 35.6 Å². The second-order valence-electron chi connectivity index (χ2n) is 5.10. The second kappa shape index (κ2) is 11.6. The maximum atomic E-state index is 13.5. The molecule has 0 spiro atoms. The minimum Gasteiger partial charge on any atom is -0.494 e. The molecule has 2 rings (SSSR count). The van der Waals surface area contributed by atoms with Crippen LogP contribution in [0.5, 0.6) is 5.75 Å². The van der Waals surface area contributed by atoms with Crippen LogP contribution < -0.4 is 15.4 Å². The summed E-state index contributed by atoms with van der Waals surface area (Å²) in [5, 5.41) is 6.19. The molecule has 0 saturated heterocycles. The van der Waals surface area contributed by atoms with E-state index in [4.69, 9.17) is 4.74 Å². The van der Waals surface area contributed by atoms with Crippen molar-refractivity contribution < 1.29 is 13.5 Å². The first-order valence-corrected chi connectivity index (χ1v) is 7.75. The molecule has 136 valence electrons. The van der Waals surface area contributed by atoms with Gasteiger partial charge in [0, 0.05) is 25.7 Å². The average Bonchev–Trinajstić information content (AvgIpc) is 2.60. The molecule has 2 aromatic carbocycles. The van der Waals surface area contributed by atoms with Gasteiger partial charge in [-0.15, -0.1) is 24.0 Å². The van der Waals surface area contributed by atoms with E-state index in [0.29, 0.717) is 37.0 Å². The van der Waals surface area contributed by atoms with E-state index in [2.05, 4.69) is 15.6 Å². The van der Waals surface area contributed by atoms with Crippen molar-refractivity contribution >= 4 is 29.9 Å². The van der Waals surface area contributed by atoms with Crippen LogP contribution in [-0.2, 0) is 6.54 Å². The van der Waals surface area contributed by atoms with Crippen LogP contribution in [0.2, 0.25) is 0 Å². The van der Waals surface area contributed by atoms with E-state index in [1.807, 2.05) is 0 Å². The maximum Gasteiger partial charge on any atom is 0.191 e. The molecule has 0 heterocycles. The lowest BCUT2D eigenvalue weighted by Gasteiger charge is -2.12. The normalized spacial score (nSPS) is 10.8. The molecule has 0 aliphatic heterocycles. The van der Waals surface area contributed by atoms with Gasteiger partial charge in [0.1, 0.15) is 17.4 Å². The van der Waals surface area contributed by atoms with Gasteiger partial charge in [0.2, 0.25) is 0 Å². The lowest BCUT2D eigenvalue weighted by Crippen LogP contribution is -2.37. The molecular formula is C18H22F2IN3O. The third kappa shape index (κ3) is 7.68. The number of nitrogens with zero attached hydrogens (tertiary/aromatic N) is 1. The second-order valence-corrected chi connectivity index (χ2v) is 5.10. The molecule has 2 N–H and O–H groups in total. The lowest BCUT2D eigenvalue weighted by molar-refractivity contribution is 0.310. The Morgan fingerprint density at radius 2 is 1.76 bits per heavy atom. The summed E-state index contributed by atoms with van der Waals surface area (Å²) in [6.07, 6.45) is 0.748. The van der Waals surface area contributed by atoms with Crippen molar-refractivity contribution in [2.75, 3.05) is 20.2 Å². The summed E-state index contributed by atoms with van der Waals surface area (Å²) in [4.78, 5) is 4.09. The Balaban J connectivity index is 0.00000312. The van der Waals surface area contributed by atoms with Gasteiger partial charge >= 0.3 is 0 Å². The molecule has 0 aliphatic rings. The predicted octanol–water partition coefficient (Wildman–Crippen LogP) is 3.72. The smallest absolute Gasteiger partial charge is 0.191 e. The van der Waals surface area contributed by atoms with Crippen LogP contribution in [0.3, 0.4) is 0 Å². The molecule has 4 nitrogen and oxygen atoms in total. The minimum absolute atomic E-state index is 0. The molecule has 2 aromatic rings. The van der Waals surface area contributed by atoms with Gasteiger partial charge in [-0.25, -0.2) is 8.78 Å². The molecule has 0 fully saturated rings. The Hall–Kier alpha value is -1.90. The molecule has 0 atom stereocenters. The summed E-state index contributed by atoms with van der Waals surface area (Å²) in [7, 11) is 1.66. The summed E-state index contributed by atoms with van der Waals surface area (Å²) in [6.45, 7) is 1.51. The van der Waals surface area contributed by atoms with Crippen LogP contribution in [0.4, 0.5) is 8.78 Å². The van der Waals surface area contributed by atoms with Crippen LogP contribution in [0.15, 0.2) is 53.5 Å². The standard InChI is InChI=1S/C18H21F2N3O.HI/c1-21-18(23-13-14-5-2-3-6-17(14)20)22-11-4-12-24-16-9-7-15(19)8-10-16;/h2-3,5-10H,4,11-13H2,1H3,(H2,21,22,23);1H. The van der Waals surface area contributed by atoms with E-state index in [9.17, 15) is 8.78 Å². The molecule has 0 bridgehead atoms. The van der Waals surface area contributed by atoms with Crippen molar-refractivity contribution in [3.8, 4) is 5.75 Å². The number of nitrogens with one attached hydrogen (secondary N) is 2. The summed E-state index contributed by atoms with van der Waals surface area (Å²) < 4.78 is 31.8. The fourth-order valence-corrected chi connectivity index (χ4v) is 2.04. The largest absolute Gasteiger partial charge is 0.494 e. The molecule has 0 unspecified atom stereocenters. The quantitative estimate of drug-likeness (QED) is 0.286. The van der Waals surface area contributed by atoms with Gasteiger partial charge in [0.15, 0.2) is 5.96 Å². The molecule has 0 saturated carbocycles. The molecular weight excluding hydrogens is 439 g/mol. The highest BCUT2D eigenvalue weighted by Gasteiger charge is 2.02.